The van der Waals surface area contributed by atoms with Crippen LogP contribution in [-0.2, 0) is 24.2 Å². The quantitative estimate of drug-likeness (QED) is 0.505. The number of unbranched alkanes of at least 4 members (excludes halogenated alkanes) is 2. The number of aromatic carboxylic acids is 1. The molecule has 2 aromatic rings. The number of nitrogens with zero attached hydrogens (tertiary/aromatic N) is 1. The fourth-order valence-corrected chi connectivity index (χ4v) is 3.56. The molecule has 0 saturated carbocycles. The summed E-state index contributed by atoms with van der Waals surface area (Å²) in [5.74, 6) is -1.74. The van der Waals surface area contributed by atoms with Crippen LogP contribution in [0.25, 0.3) is 10.9 Å². The summed E-state index contributed by atoms with van der Waals surface area (Å²) >= 11 is 0. The van der Waals surface area contributed by atoms with E-state index in [-0.39, 0.29) is 65.5 Å². The molecular weight excluding hydrogens is 364 g/mol. The molecule has 0 fully saturated rings. The van der Waals surface area contributed by atoms with Gasteiger partial charge in [0.05, 0.1) is 5.56 Å². The van der Waals surface area contributed by atoms with Gasteiger partial charge >= 0.3 is 11.9 Å². The van der Waals surface area contributed by atoms with Crippen molar-refractivity contribution in [2.24, 2.45) is 0 Å². The molecule has 2 N–H and O–H groups in total. The molecule has 0 aliphatic carbocycles. The Balaban J connectivity index is 0.00000338. The summed E-state index contributed by atoms with van der Waals surface area (Å²) < 4.78 is 2.16. The van der Waals surface area contributed by atoms with Gasteiger partial charge in [0.25, 0.3) is 0 Å². The van der Waals surface area contributed by atoms with Gasteiger partial charge in [0, 0.05) is 88.7 Å². The van der Waals surface area contributed by atoms with E-state index < -0.39 is 11.9 Å². The minimum absolute atomic E-state index is 0. The number of aromatic nitrogens is 1. The Morgan fingerprint density at radius 2 is 1.70 bits per heavy atom. The van der Waals surface area contributed by atoms with Crippen LogP contribution < -0.4 is 0 Å². The zero-order valence-corrected chi connectivity index (χ0v) is 21.3. The first-order valence-electron chi connectivity index (χ1n) is 9.00. The van der Waals surface area contributed by atoms with E-state index in [4.69, 9.17) is 5.11 Å². The van der Waals surface area contributed by atoms with Gasteiger partial charge in [0.15, 0.2) is 0 Å². The van der Waals surface area contributed by atoms with Crippen molar-refractivity contribution in [3.8, 4) is 0 Å². The van der Waals surface area contributed by atoms with Crippen molar-refractivity contribution in [3.05, 3.63) is 34.5 Å². The van der Waals surface area contributed by atoms with Gasteiger partial charge in [-0.3, -0.25) is 4.79 Å². The maximum atomic E-state index is 11.5. The summed E-state index contributed by atoms with van der Waals surface area (Å²) in [6.45, 7) is 6.74. The second-order valence-corrected chi connectivity index (χ2v) is 6.51. The van der Waals surface area contributed by atoms with Gasteiger partial charge < -0.3 is 14.8 Å². The van der Waals surface area contributed by atoms with Crippen LogP contribution in [0.3, 0.4) is 0 Å². The van der Waals surface area contributed by atoms with E-state index in [1.807, 2.05) is 13.0 Å². The Morgan fingerprint density at radius 1 is 1.04 bits per heavy atom. The van der Waals surface area contributed by atoms with Crippen LogP contribution in [0.15, 0.2) is 12.1 Å². The van der Waals surface area contributed by atoms with E-state index >= 15 is 0 Å². The molecule has 1 heterocycles. The van der Waals surface area contributed by atoms with E-state index in [2.05, 4.69) is 11.5 Å². The zero-order valence-electron chi connectivity index (χ0n) is 17.3. The molecule has 27 heavy (non-hydrogen) atoms. The van der Waals surface area contributed by atoms with E-state index in [0.29, 0.717) is 17.5 Å². The van der Waals surface area contributed by atoms with Crippen LogP contribution in [0.1, 0.15) is 66.7 Å². The van der Waals surface area contributed by atoms with Gasteiger partial charge in [-0.1, -0.05) is 19.8 Å². The Morgan fingerprint density at radius 3 is 2.22 bits per heavy atom. The van der Waals surface area contributed by atoms with Gasteiger partial charge in [-0.15, -0.1) is 0 Å². The van der Waals surface area contributed by atoms with Gasteiger partial charge in [-0.25, -0.2) is 4.79 Å². The topological polar surface area (TPSA) is 79.5 Å². The number of rotatable bonds is 9. The van der Waals surface area contributed by atoms with Crippen molar-refractivity contribution in [1.29, 1.82) is 0 Å². The molecule has 138 valence electrons. The van der Waals surface area contributed by atoms with Crippen LogP contribution in [0.5, 0.6) is 0 Å². The largest absolute Gasteiger partial charge is 0.481 e. The minimum Gasteiger partial charge on any atom is -0.481 e. The van der Waals surface area contributed by atoms with E-state index in [1.54, 1.807) is 13.0 Å². The molecule has 0 bridgehead atoms. The van der Waals surface area contributed by atoms with Crippen molar-refractivity contribution in [2.75, 3.05) is 0 Å². The molecule has 1 aromatic carbocycles. The number of benzene rings is 1. The molecule has 0 saturated heterocycles. The maximum Gasteiger partial charge on any atom is 0.336 e. The molecule has 2 radical (unpaired) electrons. The van der Waals surface area contributed by atoms with Crippen LogP contribution in [-0.4, -0.2) is 85.8 Å². The molecule has 1 aromatic heterocycles. The summed E-state index contributed by atoms with van der Waals surface area (Å²) in [7, 11) is 0. The third-order valence-corrected chi connectivity index (χ3v) is 4.79. The number of aryl methyl sites for hydroxylation is 3. The molecule has 2 rings (SSSR count). The average Bonchev–Trinajstić information content (AvgIpc) is 2.84. The number of carboxylic acids is 2. The predicted molar refractivity (Wildman–Crippen MR) is 110 cm³/mol. The van der Waals surface area contributed by atoms with Gasteiger partial charge in [-0.05, 0) is 56.4 Å². The number of hydrogen-bond acceptors (Lipinski definition) is 2. The smallest absolute Gasteiger partial charge is 0.336 e. The first kappa shape index (κ1) is 26.7. The zero-order chi connectivity index (χ0) is 18.6. The standard InChI is InChI=1S/C20H27NO4.2Na/c1-4-6-7-8-17-14(9-10-19(22)23)16-11-13(3)15(20(24)25)12-18(16)21(17)5-2;;/h11-12H,4-10H2,1-3H3,(H,22,23)(H,24,25);;. The van der Waals surface area contributed by atoms with Crippen LogP contribution >= 0.6 is 0 Å². The fourth-order valence-electron chi connectivity index (χ4n) is 3.56. The summed E-state index contributed by atoms with van der Waals surface area (Å²) in [5, 5.41) is 19.5. The third kappa shape index (κ3) is 6.34. The Bertz CT molecular complexity index is 799. The Kier molecular flexibility index (Phi) is 12.2. The van der Waals surface area contributed by atoms with Crippen molar-refractivity contribution < 1.29 is 19.8 Å². The minimum atomic E-state index is -0.928. The molecule has 0 amide bonds. The van der Waals surface area contributed by atoms with Gasteiger partial charge in [0.2, 0.25) is 0 Å². The number of aliphatic carboxylic acids is 1. The van der Waals surface area contributed by atoms with Gasteiger partial charge in [0.1, 0.15) is 0 Å². The van der Waals surface area contributed by atoms with Crippen molar-refractivity contribution in [3.63, 3.8) is 0 Å². The van der Waals surface area contributed by atoms with Crippen molar-refractivity contribution in [1.82, 2.24) is 4.57 Å². The summed E-state index contributed by atoms with van der Waals surface area (Å²) in [6.07, 6.45) is 4.77. The van der Waals surface area contributed by atoms with Crippen molar-refractivity contribution >= 4 is 82.0 Å². The first-order chi connectivity index (χ1) is 11.9. The predicted octanol–water partition coefficient (Wildman–Crippen LogP) is 3.66. The number of fused-ring (bicyclic) bond motifs is 1. The van der Waals surface area contributed by atoms with Crippen LogP contribution in [0, 0.1) is 6.92 Å². The van der Waals surface area contributed by atoms with Crippen molar-refractivity contribution in [2.45, 2.75) is 65.8 Å². The van der Waals surface area contributed by atoms with Crippen LogP contribution in [0.2, 0.25) is 0 Å². The van der Waals surface area contributed by atoms with Gasteiger partial charge in [-0.2, -0.15) is 0 Å². The second-order valence-electron chi connectivity index (χ2n) is 6.51. The van der Waals surface area contributed by atoms with Crippen LogP contribution in [0.4, 0.5) is 0 Å². The maximum absolute atomic E-state index is 11.5. The SMILES string of the molecule is CCCCCc1c(CCC(=O)O)c2cc(C)c(C(=O)O)cc2n1CC.[Na].[Na]. The first-order valence-corrected chi connectivity index (χ1v) is 9.00. The summed E-state index contributed by atoms with van der Waals surface area (Å²) in [5.41, 5.74) is 4.15. The molecule has 0 aliphatic rings. The average molecular weight is 391 g/mol. The normalized spacial score (nSPS) is 10.3. The summed E-state index contributed by atoms with van der Waals surface area (Å²) in [4.78, 5) is 22.6. The Hall–Kier alpha value is -0.300. The molecule has 5 nitrogen and oxygen atoms in total. The molecular formula is C20H27NNa2O4. The molecule has 0 unspecified atom stereocenters. The number of carboxylic acid groups (broad SMARTS) is 2. The monoisotopic (exact) mass is 391 g/mol. The second kappa shape index (κ2) is 12.3. The number of carbonyl (C=O) groups is 2. The number of hydrogen-bond donors (Lipinski definition) is 2. The molecule has 0 atom stereocenters. The van der Waals surface area contributed by atoms with E-state index in [1.165, 1.54) is 0 Å². The summed E-state index contributed by atoms with van der Waals surface area (Å²) in [6, 6.07) is 3.65. The molecule has 0 aliphatic heterocycles. The molecule has 7 heteroatoms. The fraction of sp³-hybridized carbons (Fsp3) is 0.500. The van der Waals surface area contributed by atoms with E-state index in [9.17, 15) is 14.7 Å². The van der Waals surface area contributed by atoms with E-state index in [0.717, 1.165) is 54.4 Å². The third-order valence-electron chi connectivity index (χ3n) is 4.79. The molecule has 0 spiro atoms. The Labute approximate surface area is 205 Å².